The van der Waals surface area contributed by atoms with Crippen molar-refractivity contribution in [2.45, 2.75) is 25.8 Å². The normalized spacial score (nSPS) is 20.0. The van der Waals surface area contributed by atoms with Crippen LogP contribution >= 0.6 is 11.8 Å². The first kappa shape index (κ1) is 16.9. The molecule has 0 saturated carbocycles. The Morgan fingerprint density at radius 3 is 2.48 bits per heavy atom. The maximum absolute atomic E-state index is 4.51. The minimum Gasteiger partial charge on any atom is -0.353 e. The summed E-state index contributed by atoms with van der Waals surface area (Å²) < 4.78 is 0. The third-order valence-electron chi connectivity index (χ3n) is 5.34. The average Bonchev–Trinajstić information content (AvgIpc) is 3.23. The highest BCUT2D eigenvalue weighted by atomic mass is 32.2. The van der Waals surface area contributed by atoms with E-state index < -0.39 is 0 Å². The minimum atomic E-state index is 0.473. The monoisotopic (exact) mass is 354 g/mol. The summed E-state index contributed by atoms with van der Waals surface area (Å²) in [6.45, 7) is 6.89. The minimum absolute atomic E-state index is 0.473. The van der Waals surface area contributed by atoms with Gasteiger partial charge >= 0.3 is 0 Å². The first-order valence-electron chi connectivity index (χ1n) is 9.32. The predicted octanol–water partition coefficient (Wildman–Crippen LogP) is 3.85. The molecule has 0 amide bonds. The predicted molar refractivity (Wildman–Crippen MR) is 106 cm³/mol. The van der Waals surface area contributed by atoms with Crippen LogP contribution in [0.15, 0.2) is 36.4 Å². The molecule has 4 nitrogen and oxygen atoms in total. The highest BCUT2D eigenvalue weighted by molar-refractivity contribution is 7.99. The highest BCUT2D eigenvalue weighted by Gasteiger charge is 2.20. The van der Waals surface area contributed by atoms with E-state index in [0.717, 1.165) is 30.2 Å². The molecule has 0 radical (unpaired) electrons. The molecule has 25 heavy (non-hydrogen) atoms. The van der Waals surface area contributed by atoms with Gasteiger partial charge in [-0.3, -0.25) is 4.90 Å². The lowest BCUT2D eigenvalue weighted by molar-refractivity contribution is 0.263. The molecule has 0 spiro atoms. The molecule has 3 heterocycles. The number of nitrogens with zero attached hydrogens (tertiary/aromatic N) is 4. The lowest BCUT2D eigenvalue weighted by Crippen LogP contribution is -2.33. The summed E-state index contributed by atoms with van der Waals surface area (Å²) >= 11 is 2.01. The van der Waals surface area contributed by atoms with Crippen molar-refractivity contribution in [3.63, 3.8) is 0 Å². The van der Waals surface area contributed by atoms with Gasteiger partial charge in [0.1, 0.15) is 0 Å². The zero-order chi connectivity index (χ0) is 17.1. The van der Waals surface area contributed by atoms with Crippen molar-refractivity contribution in [3.8, 4) is 11.3 Å². The number of hydrogen-bond acceptors (Lipinski definition) is 5. The molecule has 1 aromatic heterocycles. The smallest absolute Gasteiger partial charge is 0.151 e. The summed E-state index contributed by atoms with van der Waals surface area (Å²) in [6, 6.07) is 13.5. The number of benzene rings is 1. The molecular formula is C20H26N4S. The molecule has 2 saturated heterocycles. The second kappa shape index (κ2) is 7.75. The van der Waals surface area contributed by atoms with Gasteiger partial charge in [0.25, 0.3) is 0 Å². The van der Waals surface area contributed by atoms with Gasteiger partial charge in [0, 0.05) is 36.2 Å². The van der Waals surface area contributed by atoms with Crippen LogP contribution in [0, 0.1) is 0 Å². The zero-order valence-electron chi connectivity index (χ0n) is 14.9. The highest BCUT2D eigenvalue weighted by Crippen LogP contribution is 2.28. The molecule has 132 valence electrons. The number of likely N-dealkylation sites (tertiary alicyclic amines) is 1. The lowest BCUT2D eigenvalue weighted by Gasteiger charge is -2.27. The van der Waals surface area contributed by atoms with Crippen LogP contribution in [0.3, 0.4) is 0 Å². The van der Waals surface area contributed by atoms with E-state index in [1.165, 1.54) is 43.0 Å². The Bertz CT molecular complexity index is 691. The van der Waals surface area contributed by atoms with Gasteiger partial charge in [-0.05, 0) is 56.6 Å². The molecular weight excluding hydrogens is 328 g/mol. The summed E-state index contributed by atoms with van der Waals surface area (Å²) in [5.41, 5.74) is 3.50. The third kappa shape index (κ3) is 3.82. The molecule has 2 aliphatic rings. The van der Waals surface area contributed by atoms with Crippen LogP contribution in [-0.4, -0.2) is 52.8 Å². The van der Waals surface area contributed by atoms with Gasteiger partial charge in [-0.2, -0.15) is 11.8 Å². The van der Waals surface area contributed by atoms with Crippen molar-refractivity contribution < 1.29 is 0 Å². The number of hydrogen-bond donors (Lipinski definition) is 0. The van der Waals surface area contributed by atoms with E-state index in [2.05, 4.69) is 63.3 Å². The molecule has 4 rings (SSSR count). The SMILES string of the molecule is CC(c1cccc(-c2ccc(N3CCSCC3)nn2)c1)N1CCCC1. The largest absolute Gasteiger partial charge is 0.353 e. The molecule has 5 heteroatoms. The van der Waals surface area contributed by atoms with E-state index in [0.29, 0.717) is 6.04 Å². The van der Waals surface area contributed by atoms with Crippen LogP contribution in [-0.2, 0) is 0 Å². The van der Waals surface area contributed by atoms with Gasteiger partial charge in [-0.25, -0.2) is 0 Å². The van der Waals surface area contributed by atoms with Crippen molar-refractivity contribution in [1.82, 2.24) is 15.1 Å². The summed E-state index contributed by atoms with van der Waals surface area (Å²) in [5.74, 6) is 3.37. The molecule has 1 aromatic carbocycles. The number of thioether (sulfide) groups is 1. The summed E-state index contributed by atoms with van der Waals surface area (Å²) in [5, 5.41) is 9.00. The third-order valence-corrected chi connectivity index (χ3v) is 6.28. The quantitative estimate of drug-likeness (QED) is 0.833. The summed E-state index contributed by atoms with van der Waals surface area (Å²) in [7, 11) is 0. The van der Waals surface area contributed by atoms with E-state index >= 15 is 0 Å². The number of rotatable bonds is 4. The van der Waals surface area contributed by atoms with E-state index in [1.54, 1.807) is 0 Å². The molecule has 2 fully saturated rings. The summed E-state index contributed by atoms with van der Waals surface area (Å²) in [6.07, 6.45) is 2.65. The fourth-order valence-electron chi connectivity index (χ4n) is 3.74. The molecule has 0 N–H and O–H groups in total. The number of aromatic nitrogens is 2. The van der Waals surface area contributed by atoms with E-state index in [4.69, 9.17) is 0 Å². The van der Waals surface area contributed by atoms with Crippen LogP contribution in [0.4, 0.5) is 5.82 Å². The van der Waals surface area contributed by atoms with Gasteiger partial charge < -0.3 is 4.90 Å². The van der Waals surface area contributed by atoms with Crippen LogP contribution in [0.5, 0.6) is 0 Å². The molecule has 0 bridgehead atoms. The Hall–Kier alpha value is -1.59. The summed E-state index contributed by atoms with van der Waals surface area (Å²) in [4.78, 5) is 4.90. The fraction of sp³-hybridized carbons (Fsp3) is 0.500. The maximum atomic E-state index is 4.51. The molecule has 2 aliphatic heterocycles. The van der Waals surface area contributed by atoms with Crippen molar-refractivity contribution in [1.29, 1.82) is 0 Å². The van der Waals surface area contributed by atoms with E-state index in [1.807, 2.05) is 11.8 Å². The Labute approximate surface area is 154 Å². The van der Waals surface area contributed by atoms with Gasteiger partial charge in [-0.1, -0.05) is 18.2 Å². The van der Waals surface area contributed by atoms with Crippen molar-refractivity contribution >= 4 is 17.6 Å². The van der Waals surface area contributed by atoms with Crippen LogP contribution in [0.25, 0.3) is 11.3 Å². The molecule has 1 atom stereocenters. The van der Waals surface area contributed by atoms with Crippen molar-refractivity contribution in [3.05, 3.63) is 42.0 Å². The maximum Gasteiger partial charge on any atom is 0.151 e. The van der Waals surface area contributed by atoms with Crippen molar-refractivity contribution in [2.24, 2.45) is 0 Å². The molecule has 2 aromatic rings. The zero-order valence-corrected chi connectivity index (χ0v) is 15.7. The standard InChI is InChI=1S/C20H26N4S/c1-16(23-9-2-3-10-23)17-5-4-6-18(15-17)19-7-8-20(22-21-19)24-11-13-25-14-12-24/h4-8,15-16H,2-3,9-14H2,1H3. The number of anilines is 1. The fourth-order valence-corrected chi connectivity index (χ4v) is 4.64. The molecule has 1 unspecified atom stereocenters. The Balaban J connectivity index is 1.52. The average molecular weight is 355 g/mol. The second-order valence-electron chi connectivity index (χ2n) is 6.92. The van der Waals surface area contributed by atoms with Gasteiger partial charge in [0.05, 0.1) is 5.69 Å². The van der Waals surface area contributed by atoms with Gasteiger partial charge in [0.15, 0.2) is 5.82 Å². The van der Waals surface area contributed by atoms with E-state index in [9.17, 15) is 0 Å². The molecule has 0 aliphatic carbocycles. The van der Waals surface area contributed by atoms with Crippen LogP contribution < -0.4 is 4.90 Å². The first-order valence-corrected chi connectivity index (χ1v) is 10.5. The second-order valence-corrected chi connectivity index (χ2v) is 8.15. The Morgan fingerprint density at radius 1 is 0.960 bits per heavy atom. The first-order chi connectivity index (χ1) is 12.3. The lowest BCUT2D eigenvalue weighted by atomic mass is 10.0. The van der Waals surface area contributed by atoms with E-state index in [-0.39, 0.29) is 0 Å². The van der Waals surface area contributed by atoms with Gasteiger partial charge in [0.2, 0.25) is 0 Å². The van der Waals surface area contributed by atoms with Crippen LogP contribution in [0.2, 0.25) is 0 Å². The van der Waals surface area contributed by atoms with Crippen LogP contribution in [0.1, 0.15) is 31.4 Å². The van der Waals surface area contributed by atoms with Gasteiger partial charge in [-0.15, -0.1) is 10.2 Å². The topological polar surface area (TPSA) is 32.3 Å². The van der Waals surface area contributed by atoms with Crippen molar-refractivity contribution in [2.75, 3.05) is 42.6 Å². The Morgan fingerprint density at radius 2 is 1.76 bits per heavy atom. The Kier molecular flexibility index (Phi) is 5.22.